The van der Waals surface area contributed by atoms with Gasteiger partial charge in [0.2, 0.25) is 0 Å². The SMILES string of the molecule is O=[N+]([O-])c1cccc(NCc2cccc(OCc3ccc(Br)cc3)c2)c1. The third-order valence-corrected chi connectivity index (χ3v) is 4.30. The summed E-state index contributed by atoms with van der Waals surface area (Å²) >= 11 is 3.41. The molecule has 5 nitrogen and oxygen atoms in total. The summed E-state index contributed by atoms with van der Waals surface area (Å²) in [7, 11) is 0. The molecule has 1 N–H and O–H groups in total. The topological polar surface area (TPSA) is 64.4 Å². The molecule has 0 heterocycles. The van der Waals surface area contributed by atoms with Gasteiger partial charge in [-0.3, -0.25) is 10.1 Å². The Balaban J connectivity index is 1.59. The summed E-state index contributed by atoms with van der Waals surface area (Å²) in [6.45, 7) is 1.05. The van der Waals surface area contributed by atoms with Gasteiger partial charge in [-0.25, -0.2) is 0 Å². The Morgan fingerprint density at radius 1 is 0.962 bits per heavy atom. The second-order valence-corrected chi connectivity index (χ2v) is 6.64. The molecular formula is C20H17BrN2O3. The van der Waals surface area contributed by atoms with Crippen LogP contribution in [0.4, 0.5) is 11.4 Å². The number of ether oxygens (including phenoxy) is 1. The fourth-order valence-corrected chi connectivity index (χ4v) is 2.69. The van der Waals surface area contributed by atoms with Gasteiger partial charge in [0, 0.05) is 28.8 Å². The Morgan fingerprint density at radius 2 is 1.73 bits per heavy atom. The maximum Gasteiger partial charge on any atom is 0.271 e. The van der Waals surface area contributed by atoms with Gasteiger partial charge < -0.3 is 10.1 Å². The average molecular weight is 413 g/mol. The number of nitrogens with one attached hydrogen (secondary N) is 1. The van der Waals surface area contributed by atoms with Crippen molar-refractivity contribution in [3.63, 3.8) is 0 Å². The summed E-state index contributed by atoms with van der Waals surface area (Å²) in [5, 5.41) is 14.0. The van der Waals surface area contributed by atoms with Crippen LogP contribution in [-0.4, -0.2) is 4.92 Å². The first-order valence-electron chi connectivity index (χ1n) is 8.05. The van der Waals surface area contributed by atoms with Gasteiger partial charge in [0.15, 0.2) is 0 Å². The molecule has 0 unspecified atom stereocenters. The number of nitrogens with zero attached hydrogens (tertiary/aromatic N) is 1. The Morgan fingerprint density at radius 3 is 2.50 bits per heavy atom. The van der Waals surface area contributed by atoms with Crippen molar-refractivity contribution in [1.29, 1.82) is 0 Å². The molecule has 0 aliphatic rings. The quantitative estimate of drug-likeness (QED) is 0.408. The van der Waals surface area contributed by atoms with Crippen LogP contribution in [0.25, 0.3) is 0 Å². The van der Waals surface area contributed by atoms with Crippen molar-refractivity contribution in [2.75, 3.05) is 5.32 Å². The highest BCUT2D eigenvalue weighted by molar-refractivity contribution is 9.10. The number of halogens is 1. The van der Waals surface area contributed by atoms with E-state index in [-0.39, 0.29) is 5.69 Å². The van der Waals surface area contributed by atoms with Gasteiger partial charge in [-0.2, -0.15) is 0 Å². The fraction of sp³-hybridized carbons (Fsp3) is 0.100. The molecule has 0 radical (unpaired) electrons. The molecule has 3 aromatic rings. The van der Waals surface area contributed by atoms with Crippen LogP contribution >= 0.6 is 15.9 Å². The molecule has 0 aliphatic heterocycles. The van der Waals surface area contributed by atoms with Gasteiger partial charge in [0.1, 0.15) is 12.4 Å². The van der Waals surface area contributed by atoms with Crippen molar-refractivity contribution in [3.8, 4) is 5.75 Å². The second kappa shape index (κ2) is 8.49. The first-order valence-corrected chi connectivity index (χ1v) is 8.84. The number of hydrogen-bond donors (Lipinski definition) is 1. The van der Waals surface area contributed by atoms with Crippen molar-refractivity contribution < 1.29 is 9.66 Å². The van der Waals surface area contributed by atoms with Crippen molar-refractivity contribution in [2.45, 2.75) is 13.2 Å². The van der Waals surface area contributed by atoms with Crippen LogP contribution in [0.5, 0.6) is 5.75 Å². The molecule has 0 amide bonds. The molecular weight excluding hydrogens is 396 g/mol. The minimum absolute atomic E-state index is 0.0709. The summed E-state index contributed by atoms with van der Waals surface area (Å²) < 4.78 is 6.88. The normalized spacial score (nSPS) is 10.3. The fourth-order valence-electron chi connectivity index (χ4n) is 2.43. The summed E-state index contributed by atoms with van der Waals surface area (Å²) in [6, 6.07) is 22.2. The molecule has 0 saturated heterocycles. The van der Waals surface area contributed by atoms with E-state index in [1.54, 1.807) is 12.1 Å². The molecule has 3 aromatic carbocycles. The lowest BCUT2D eigenvalue weighted by atomic mass is 10.2. The van der Waals surface area contributed by atoms with E-state index in [1.807, 2.05) is 48.5 Å². The first kappa shape index (κ1) is 17.9. The molecule has 0 bridgehead atoms. The van der Waals surface area contributed by atoms with Gasteiger partial charge in [0.05, 0.1) is 4.92 Å². The van der Waals surface area contributed by atoms with Crippen LogP contribution < -0.4 is 10.1 Å². The van der Waals surface area contributed by atoms with E-state index >= 15 is 0 Å². The van der Waals surface area contributed by atoms with Crippen LogP contribution in [0.15, 0.2) is 77.3 Å². The molecule has 0 aliphatic carbocycles. The maximum absolute atomic E-state index is 10.8. The predicted octanol–water partition coefficient (Wildman–Crippen LogP) is 5.55. The number of nitro benzene ring substituents is 1. The molecule has 0 fully saturated rings. The molecule has 26 heavy (non-hydrogen) atoms. The number of benzene rings is 3. The number of hydrogen-bond acceptors (Lipinski definition) is 4. The number of rotatable bonds is 7. The highest BCUT2D eigenvalue weighted by Gasteiger charge is 2.05. The van der Waals surface area contributed by atoms with Gasteiger partial charge in [0.25, 0.3) is 5.69 Å². The van der Waals surface area contributed by atoms with Gasteiger partial charge in [-0.15, -0.1) is 0 Å². The Kier molecular flexibility index (Phi) is 5.86. The van der Waals surface area contributed by atoms with E-state index in [9.17, 15) is 10.1 Å². The van der Waals surface area contributed by atoms with Gasteiger partial charge >= 0.3 is 0 Å². The van der Waals surface area contributed by atoms with E-state index in [2.05, 4.69) is 21.2 Å². The molecule has 132 valence electrons. The van der Waals surface area contributed by atoms with Crippen molar-refractivity contribution in [2.24, 2.45) is 0 Å². The summed E-state index contributed by atoms with van der Waals surface area (Å²) in [6.07, 6.45) is 0. The maximum atomic E-state index is 10.8. The molecule has 0 atom stereocenters. The van der Waals surface area contributed by atoms with E-state index in [1.165, 1.54) is 12.1 Å². The average Bonchev–Trinajstić information content (AvgIpc) is 2.66. The van der Waals surface area contributed by atoms with E-state index in [4.69, 9.17) is 4.74 Å². The minimum atomic E-state index is -0.401. The Hall–Kier alpha value is -2.86. The zero-order valence-electron chi connectivity index (χ0n) is 13.9. The predicted molar refractivity (Wildman–Crippen MR) is 105 cm³/mol. The monoisotopic (exact) mass is 412 g/mol. The van der Waals surface area contributed by atoms with Crippen LogP contribution in [0.3, 0.4) is 0 Å². The summed E-state index contributed by atoms with van der Waals surface area (Å²) in [5.41, 5.74) is 2.90. The molecule has 0 spiro atoms. The molecule has 6 heteroatoms. The number of non-ortho nitro benzene ring substituents is 1. The van der Waals surface area contributed by atoms with E-state index in [0.29, 0.717) is 18.8 Å². The Bertz CT molecular complexity index is 898. The largest absolute Gasteiger partial charge is 0.489 e. The smallest absolute Gasteiger partial charge is 0.271 e. The van der Waals surface area contributed by atoms with Crippen LogP contribution in [0.1, 0.15) is 11.1 Å². The van der Waals surface area contributed by atoms with Crippen molar-refractivity contribution in [3.05, 3.63) is 98.5 Å². The molecule has 0 saturated carbocycles. The minimum Gasteiger partial charge on any atom is -0.489 e. The lowest BCUT2D eigenvalue weighted by Gasteiger charge is -2.10. The lowest BCUT2D eigenvalue weighted by Crippen LogP contribution is -2.01. The van der Waals surface area contributed by atoms with Crippen LogP contribution in [0, 0.1) is 10.1 Å². The van der Waals surface area contributed by atoms with Gasteiger partial charge in [-0.1, -0.05) is 46.3 Å². The van der Waals surface area contributed by atoms with Crippen LogP contribution in [0.2, 0.25) is 0 Å². The zero-order valence-corrected chi connectivity index (χ0v) is 15.5. The summed E-state index contributed by atoms with van der Waals surface area (Å²) in [5.74, 6) is 0.784. The standard InChI is InChI=1S/C20H17BrN2O3/c21-17-9-7-15(8-10-17)14-26-20-6-1-3-16(11-20)13-22-18-4-2-5-19(12-18)23(24)25/h1-12,22H,13-14H2. The van der Waals surface area contributed by atoms with Crippen LogP contribution in [-0.2, 0) is 13.2 Å². The van der Waals surface area contributed by atoms with E-state index < -0.39 is 4.92 Å². The first-order chi connectivity index (χ1) is 12.6. The van der Waals surface area contributed by atoms with Crippen molar-refractivity contribution >= 4 is 27.3 Å². The number of nitro groups is 1. The second-order valence-electron chi connectivity index (χ2n) is 5.72. The molecule has 0 aromatic heterocycles. The van der Waals surface area contributed by atoms with Crippen molar-refractivity contribution in [1.82, 2.24) is 0 Å². The summed E-state index contributed by atoms with van der Waals surface area (Å²) in [4.78, 5) is 10.4. The molecule has 3 rings (SSSR count). The zero-order chi connectivity index (χ0) is 18.4. The van der Waals surface area contributed by atoms with E-state index in [0.717, 1.165) is 21.3 Å². The third-order valence-electron chi connectivity index (χ3n) is 3.77. The highest BCUT2D eigenvalue weighted by atomic mass is 79.9. The lowest BCUT2D eigenvalue weighted by molar-refractivity contribution is -0.384. The van der Waals surface area contributed by atoms with Gasteiger partial charge in [-0.05, 0) is 41.5 Å². The Labute approximate surface area is 159 Å². The third kappa shape index (κ3) is 5.07. The highest BCUT2D eigenvalue weighted by Crippen LogP contribution is 2.20. The number of anilines is 1.